The standard InChI is InChI=1S/C15H21BrN2O2/c1-10-2-5-12(6-3-10)20-9-15(19)18-14-7-4-11(17)8-13(14)16/h4,7-8,10,12H,2-3,5-6,9,17H2,1H3,(H,18,19). The molecule has 0 bridgehead atoms. The Kier molecular flexibility index (Phi) is 5.43. The maximum atomic E-state index is 11.9. The fraction of sp³-hybridized carbons (Fsp3) is 0.533. The Bertz CT molecular complexity index is 471. The molecule has 1 aliphatic carbocycles. The van der Waals surface area contributed by atoms with Crippen LogP contribution in [-0.2, 0) is 9.53 Å². The van der Waals surface area contributed by atoms with E-state index < -0.39 is 0 Å². The summed E-state index contributed by atoms with van der Waals surface area (Å²) in [5.41, 5.74) is 7.03. The molecular formula is C15H21BrN2O2. The van der Waals surface area contributed by atoms with Gasteiger partial charge in [-0.15, -0.1) is 0 Å². The molecule has 0 atom stereocenters. The first-order chi connectivity index (χ1) is 9.54. The van der Waals surface area contributed by atoms with Crippen molar-refractivity contribution >= 4 is 33.2 Å². The van der Waals surface area contributed by atoms with Crippen LogP contribution in [0.25, 0.3) is 0 Å². The van der Waals surface area contributed by atoms with Crippen molar-refractivity contribution in [2.45, 2.75) is 38.7 Å². The van der Waals surface area contributed by atoms with Gasteiger partial charge in [0.1, 0.15) is 6.61 Å². The molecule has 0 aliphatic heterocycles. The number of hydrogen-bond donors (Lipinski definition) is 2. The van der Waals surface area contributed by atoms with Gasteiger partial charge in [-0.3, -0.25) is 4.79 Å². The second-order valence-electron chi connectivity index (χ2n) is 5.48. The van der Waals surface area contributed by atoms with E-state index in [1.807, 2.05) is 0 Å². The van der Waals surface area contributed by atoms with Crippen LogP contribution in [0.15, 0.2) is 22.7 Å². The lowest BCUT2D eigenvalue weighted by Gasteiger charge is -2.26. The van der Waals surface area contributed by atoms with E-state index in [0.29, 0.717) is 11.4 Å². The van der Waals surface area contributed by atoms with Gasteiger partial charge in [-0.1, -0.05) is 6.92 Å². The fourth-order valence-corrected chi connectivity index (χ4v) is 2.90. The number of benzene rings is 1. The van der Waals surface area contributed by atoms with E-state index >= 15 is 0 Å². The molecule has 0 aromatic heterocycles. The summed E-state index contributed by atoms with van der Waals surface area (Å²) in [4.78, 5) is 11.9. The molecule has 1 aromatic carbocycles. The van der Waals surface area contributed by atoms with Crippen molar-refractivity contribution < 1.29 is 9.53 Å². The molecule has 4 nitrogen and oxygen atoms in total. The van der Waals surface area contributed by atoms with Crippen LogP contribution >= 0.6 is 15.9 Å². The van der Waals surface area contributed by atoms with E-state index in [0.717, 1.165) is 23.2 Å². The van der Waals surface area contributed by atoms with Crippen molar-refractivity contribution in [3.8, 4) is 0 Å². The first-order valence-electron chi connectivity index (χ1n) is 7.01. The van der Waals surface area contributed by atoms with Crippen molar-refractivity contribution in [2.75, 3.05) is 17.7 Å². The smallest absolute Gasteiger partial charge is 0.250 e. The van der Waals surface area contributed by atoms with Crippen LogP contribution in [0.4, 0.5) is 11.4 Å². The number of halogens is 1. The van der Waals surface area contributed by atoms with Crippen LogP contribution in [0.3, 0.4) is 0 Å². The quantitative estimate of drug-likeness (QED) is 0.823. The molecule has 1 aromatic rings. The molecule has 110 valence electrons. The average molecular weight is 341 g/mol. The number of nitrogens with two attached hydrogens (primary N) is 1. The highest BCUT2D eigenvalue weighted by Crippen LogP contribution is 2.26. The van der Waals surface area contributed by atoms with Gasteiger partial charge < -0.3 is 15.8 Å². The molecule has 5 heteroatoms. The molecule has 0 radical (unpaired) electrons. The molecule has 0 spiro atoms. The first-order valence-corrected chi connectivity index (χ1v) is 7.80. The van der Waals surface area contributed by atoms with Crippen LogP contribution in [0.5, 0.6) is 0 Å². The third-order valence-corrected chi connectivity index (χ3v) is 4.34. The summed E-state index contributed by atoms with van der Waals surface area (Å²) in [6.07, 6.45) is 4.72. The minimum Gasteiger partial charge on any atom is -0.399 e. The molecule has 0 saturated heterocycles. The van der Waals surface area contributed by atoms with Gasteiger partial charge in [0.25, 0.3) is 0 Å². The molecule has 1 aliphatic rings. The van der Waals surface area contributed by atoms with Gasteiger partial charge in [-0.2, -0.15) is 0 Å². The van der Waals surface area contributed by atoms with Crippen molar-refractivity contribution in [1.82, 2.24) is 0 Å². The van der Waals surface area contributed by atoms with E-state index in [4.69, 9.17) is 10.5 Å². The first kappa shape index (κ1) is 15.3. The second-order valence-corrected chi connectivity index (χ2v) is 6.33. The Morgan fingerprint density at radius 2 is 2.10 bits per heavy atom. The number of carbonyl (C=O) groups is 1. The average Bonchev–Trinajstić information content (AvgIpc) is 2.41. The van der Waals surface area contributed by atoms with E-state index in [1.165, 1.54) is 12.8 Å². The third-order valence-electron chi connectivity index (χ3n) is 3.68. The largest absolute Gasteiger partial charge is 0.399 e. The summed E-state index contributed by atoms with van der Waals surface area (Å²) in [5.74, 6) is 0.656. The maximum Gasteiger partial charge on any atom is 0.250 e. The number of anilines is 2. The molecule has 3 N–H and O–H groups in total. The number of hydrogen-bond acceptors (Lipinski definition) is 3. The van der Waals surface area contributed by atoms with Gasteiger partial charge in [0.05, 0.1) is 11.8 Å². The zero-order valence-corrected chi connectivity index (χ0v) is 13.3. The monoisotopic (exact) mass is 340 g/mol. The number of nitrogens with one attached hydrogen (secondary N) is 1. The predicted molar refractivity (Wildman–Crippen MR) is 84.6 cm³/mol. The molecule has 0 unspecified atom stereocenters. The Morgan fingerprint density at radius 3 is 2.75 bits per heavy atom. The second kappa shape index (κ2) is 7.09. The van der Waals surface area contributed by atoms with E-state index in [9.17, 15) is 4.79 Å². The summed E-state index contributed by atoms with van der Waals surface area (Å²) in [5, 5.41) is 2.82. The highest BCUT2D eigenvalue weighted by atomic mass is 79.9. The van der Waals surface area contributed by atoms with Crippen molar-refractivity contribution in [3.05, 3.63) is 22.7 Å². The Morgan fingerprint density at radius 1 is 1.40 bits per heavy atom. The summed E-state index contributed by atoms with van der Waals surface area (Å²) < 4.78 is 6.45. The molecule has 2 rings (SSSR count). The molecule has 1 saturated carbocycles. The highest BCUT2D eigenvalue weighted by molar-refractivity contribution is 9.10. The van der Waals surface area contributed by atoms with Crippen LogP contribution < -0.4 is 11.1 Å². The summed E-state index contributed by atoms with van der Waals surface area (Å²) in [6.45, 7) is 2.37. The Labute approximate surface area is 128 Å². The number of carbonyl (C=O) groups excluding carboxylic acids is 1. The minimum absolute atomic E-state index is 0.107. The Hall–Kier alpha value is -1.07. The predicted octanol–water partition coefficient (Wildman–Crippen LogP) is 3.57. The van der Waals surface area contributed by atoms with Crippen LogP contribution in [0.2, 0.25) is 0 Å². The zero-order valence-electron chi connectivity index (χ0n) is 11.7. The molecule has 0 heterocycles. The third kappa shape index (κ3) is 4.49. The van der Waals surface area contributed by atoms with Crippen LogP contribution in [0, 0.1) is 5.92 Å². The van der Waals surface area contributed by atoms with Crippen molar-refractivity contribution in [1.29, 1.82) is 0 Å². The van der Waals surface area contributed by atoms with Crippen LogP contribution in [-0.4, -0.2) is 18.6 Å². The molecule has 1 fully saturated rings. The lowest BCUT2D eigenvalue weighted by atomic mass is 9.89. The molecular weight excluding hydrogens is 320 g/mol. The van der Waals surface area contributed by atoms with E-state index in [-0.39, 0.29) is 18.6 Å². The van der Waals surface area contributed by atoms with Gasteiger partial charge in [0.15, 0.2) is 0 Å². The van der Waals surface area contributed by atoms with Crippen molar-refractivity contribution in [3.63, 3.8) is 0 Å². The number of rotatable bonds is 4. The van der Waals surface area contributed by atoms with E-state index in [1.54, 1.807) is 18.2 Å². The number of nitrogen functional groups attached to an aromatic ring is 1. The lowest BCUT2D eigenvalue weighted by molar-refractivity contribution is -0.123. The van der Waals surface area contributed by atoms with Gasteiger partial charge in [0, 0.05) is 10.2 Å². The number of amides is 1. The van der Waals surface area contributed by atoms with Crippen LogP contribution in [0.1, 0.15) is 32.6 Å². The normalized spacial score (nSPS) is 22.5. The molecule has 1 amide bonds. The lowest BCUT2D eigenvalue weighted by Crippen LogP contribution is -2.26. The summed E-state index contributed by atoms with van der Waals surface area (Å²) in [6, 6.07) is 5.29. The highest BCUT2D eigenvalue weighted by Gasteiger charge is 2.19. The topological polar surface area (TPSA) is 64.3 Å². The zero-order chi connectivity index (χ0) is 14.5. The SMILES string of the molecule is CC1CCC(OCC(=O)Nc2ccc(N)cc2Br)CC1. The van der Waals surface area contributed by atoms with Crippen molar-refractivity contribution in [2.24, 2.45) is 5.92 Å². The minimum atomic E-state index is -0.130. The Balaban J connectivity index is 1.78. The van der Waals surface area contributed by atoms with E-state index in [2.05, 4.69) is 28.2 Å². The fourth-order valence-electron chi connectivity index (χ4n) is 2.41. The van der Waals surface area contributed by atoms with Gasteiger partial charge in [-0.05, 0) is 65.7 Å². The van der Waals surface area contributed by atoms with Gasteiger partial charge >= 0.3 is 0 Å². The number of ether oxygens (including phenoxy) is 1. The summed E-state index contributed by atoms with van der Waals surface area (Å²) >= 11 is 3.37. The van der Waals surface area contributed by atoms with Gasteiger partial charge in [0.2, 0.25) is 5.91 Å². The molecule has 20 heavy (non-hydrogen) atoms. The van der Waals surface area contributed by atoms with Gasteiger partial charge in [-0.25, -0.2) is 0 Å². The summed E-state index contributed by atoms with van der Waals surface area (Å²) in [7, 11) is 0. The maximum absolute atomic E-state index is 11.9.